The van der Waals surface area contributed by atoms with Crippen molar-refractivity contribution in [3.63, 3.8) is 0 Å². The molecule has 0 spiro atoms. The topological polar surface area (TPSA) is 55.1 Å². The quantitative estimate of drug-likeness (QED) is 0.869. The van der Waals surface area contributed by atoms with Crippen LogP contribution in [0.15, 0.2) is 42.5 Å². The molecule has 0 fully saturated rings. The number of hydrogen-bond acceptors (Lipinski definition) is 2. The van der Waals surface area contributed by atoms with E-state index in [1.165, 1.54) is 0 Å². The highest BCUT2D eigenvalue weighted by molar-refractivity contribution is 6.03. The van der Waals surface area contributed by atoms with Gasteiger partial charge in [-0.1, -0.05) is 36.4 Å². The standard InChI is InChI=1S/C15H18N2O/c1-15(2,10-16)14(18)17-13-9-5-7-11-6-3-4-8-12(11)13/h3-9H,10,16H2,1-2H3,(H,17,18). The number of fused-ring (bicyclic) bond motifs is 1. The number of carbonyl (C=O) groups excluding carboxylic acids is 1. The van der Waals surface area contributed by atoms with Gasteiger partial charge in [-0.15, -0.1) is 0 Å². The molecule has 0 aliphatic carbocycles. The predicted octanol–water partition coefficient (Wildman–Crippen LogP) is 2.76. The van der Waals surface area contributed by atoms with Gasteiger partial charge in [0.15, 0.2) is 0 Å². The molecule has 2 rings (SSSR count). The summed E-state index contributed by atoms with van der Waals surface area (Å²) in [7, 11) is 0. The number of benzene rings is 2. The Bertz CT molecular complexity index is 570. The van der Waals surface area contributed by atoms with Gasteiger partial charge in [0.05, 0.1) is 5.41 Å². The third-order valence-electron chi connectivity index (χ3n) is 3.16. The summed E-state index contributed by atoms with van der Waals surface area (Å²) >= 11 is 0. The molecule has 0 aliphatic rings. The average Bonchev–Trinajstić information content (AvgIpc) is 2.39. The minimum Gasteiger partial charge on any atom is -0.329 e. The second-order valence-electron chi connectivity index (χ2n) is 5.07. The van der Waals surface area contributed by atoms with Crippen molar-refractivity contribution in [2.45, 2.75) is 13.8 Å². The van der Waals surface area contributed by atoms with E-state index in [1.54, 1.807) is 0 Å². The van der Waals surface area contributed by atoms with Gasteiger partial charge in [0, 0.05) is 17.6 Å². The molecule has 3 heteroatoms. The fourth-order valence-electron chi connectivity index (χ4n) is 1.72. The van der Waals surface area contributed by atoms with Crippen LogP contribution in [0.5, 0.6) is 0 Å². The van der Waals surface area contributed by atoms with E-state index in [-0.39, 0.29) is 5.91 Å². The first-order chi connectivity index (χ1) is 8.54. The van der Waals surface area contributed by atoms with Gasteiger partial charge in [-0.25, -0.2) is 0 Å². The average molecular weight is 242 g/mol. The van der Waals surface area contributed by atoms with Crippen molar-refractivity contribution in [1.29, 1.82) is 0 Å². The zero-order valence-corrected chi connectivity index (χ0v) is 10.7. The molecule has 2 aromatic carbocycles. The van der Waals surface area contributed by atoms with Gasteiger partial charge in [-0.05, 0) is 25.3 Å². The summed E-state index contributed by atoms with van der Waals surface area (Å²) in [6.45, 7) is 4.00. The number of rotatable bonds is 3. The SMILES string of the molecule is CC(C)(CN)C(=O)Nc1cccc2ccccc12. The van der Waals surface area contributed by atoms with Crippen LogP contribution in [0.3, 0.4) is 0 Å². The zero-order valence-electron chi connectivity index (χ0n) is 10.7. The van der Waals surface area contributed by atoms with Crippen molar-refractivity contribution in [2.75, 3.05) is 11.9 Å². The van der Waals surface area contributed by atoms with Crippen LogP contribution in [0.4, 0.5) is 5.69 Å². The van der Waals surface area contributed by atoms with E-state index in [0.29, 0.717) is 6.54 Å². The van der Waals surface area contributed by atoms with E-state index in [2.05, 4.69) is 5.32 Å². The van der Waals surface area contributed by atoms with Crippen LogP contribution >= 0.6 is 0 Å². The fourth-order valence-corrected chi connectivity index (χ4v) is 1.72. The molecule has 0 aromatic heterocycles. The number of carbonyl (C=O) groups is 1. The second-order valence-corrected chi connectivity index (χ2v) is 5.07. The highest BCUT2D eigenvalue weighted by Crippen LogP contribution is 2.25. The van der Waals surface area contributed by atoms with Crippen LogP contribution < -0.4 is 11.1 Å². The van der Waals surface area contributed by atoms with Gasteiger partial charge >= 0.3 is 0 Å². The lowest BCUT2D eigenvalue weighted by Gasteiger charge is -2.21. The number of anilines is 1. The maximum atomic E-state index is 12.1. The van der Waals surface area contributed by atoms with E-state index in [0.717, 1.165) is 16.5 Å². The van der Waals surface area contributed by atoms with Crippen LogP contribution in [0, 0.1) is 5.41 Å². The number of amides is 1. The highest BCUT2D eigenvalue weighted by atomic mass is 16.2. The Morgan fingerprint density at radius 3 is 2.56 bits per heavy atom. The molecule has 0 saturated carbocycles. The molecule has 0 bridgehead atoms. The normalized spacial score (nSPS) is 11.5. The van der Waals surface area contributed by atoms with Gasteiger partial charge in [0.1, 0.15) is 0 Å². The van der Waals surface area contributed by atoms with E-state index >= 15 is 0 Å². The molecular weight excluding hydrogens is 224 g/mol. The third-order valence-corrected chi connectivity index (χ3v) is 3.16. The fraction of sp³-hybridized carbons (Fsp3) is 0.267. The minimum absolute atomic E-state index is 0.0543. The molecule has 0 aliphatic heterocycles. The van der Waals surface area contributed by atoms with Gasteiger partial charge in [0.25, 0.3) is 0 Å². The molecule has 18 heavy (non-hydrogen) atoms. The summed E-state index contributed by atoms with van der Waals surface area (Å²) in [5.74, 6) is -0.0543. The molecule has 94 valence electrons. The van der Waals surface area contributed by atoms with Crippen molar-refractivity contribution in [3.8, 4) is 0 Å². The summed E-state index contributed by atoms with van der Waals surface area (Å²) in [6, 6.07) is 13.8. The zero-order chi connectivity index (χ0) is 13.2. The van der Waals surface area contributed by atoms with Crippen molar-refractivity contribution in [2.24, 2.45) is 11.1 Å². The lowest BCUT2D eigenvalue weighted by atomic mass is 9.92. The van der Waals surface area contributed by atoms with Crippen molar-refractivity contribution >= 4 is 22.4 Å². The summed E-state index contributed by atoms with van der Waals surface area (Å²) in [6.07, 6.45) is 0. The Kier molecular flexibility index (Phi) is 3.34. The van der Waals surface area contributed by atoms with Crippen LogP contribution in [-0.2, 0) is 4.79 Å². The van der Waals surface area contributed by atoms with E-state index in [9.17, 15) is 4.79 Å². The number of nitrogens with two attached hydrogens (primary N) is 1. The van der Waals surface area contributed by atoms with E-state index < -0.39 is 5.41 Å². The number of hydrogen-bond donors (Lipinski definition) is 2. The maximum absolute atomic E-state index is 12.1. The predicted molar refractivity (Wildman–Crippen MR) is 75.4 cm³/mol. The van der Waals surface area contributed by atoms with Crippen molar-refractivity contribution in [3.05, 3.63) is 42.5 Å². The van der Waals surface area contributed by atoms with Crippen LogP contribution in [0.1, 0.15) is 13.8 Å². The minimum atomic E-state index is -0.559. The first-order valence-electron chi connectivity index (χ1n) is 6.04. The first kappa shape index (κ1) is 12.6. The Morgan fingerprint density at radius 1 is 1.17 bits per heavy atom. The largest absolute Gasteiger partial charge is 0.329 e. The molecule has 0 saturated heterocycles. The molecule has 2 aromatic rings. The summed E-state index contributed by atoms with van der Waals surface area (Å²) in [5, 5.41) is 5.11. The molecule has 3 N–H and O–H groups in total. The Morgan fingerprint density at radius 2 is 1.83 bits per heavy atom. The van der Waals surface area contributed by atoms with Crippen molar-refractivity contribution in [1.82, 2.24) is 0 Å². The lowest BCUT2D eigenvalue weighted by molar-refractivity contribution is -0.123. The summed E-state index contributed by atoms with van der Waals surface area (Å²) in [5.41, 5.74) is 5.89. The summed E-state index contributed by atoms with van der Waals surface area (Å²) in [4.78, 5) is 12.1. The van der Waals surface area contributed by atoms with Crippen LogP contribution in [0.2, 0.25) is 0 Å². The van der Waals surface area contributed by atoms with Crippen molar-refractivity contribution < 1.29 is 4.79 Å². The summed E-state index contributed by atoms with van der Waals surface area (Å²) < 4.78 is 0. The maximum Gasteiger partial charge on any atom is 0.231 e. The van der Waals surface area contributed by atoms with Gasteiger partial charge in [-0.3, -0.25) is 4.79 Å². The first-order valence-corrected chi connectivity index (χ1v) is 6.04. The Balaban J connectivity index is 2.36. The Labute approximate surface area is 107 Å². The van der Waals surface area contributed by atoms with Gasteiger partial charge in [-0.2, -0.15) is 0 Å². The van der Waals surface area contributed by atoms with Crippen LogP contribution in [-0.4, -0.2) is 12.5 Å². The monoisotopic (exact) mass is 242 g/mol. The molecule has 1 amide bonds. The van der Waals surface area contributed by atoms with E-state index in [4.69, 9.17) is 5.73 Å². The second kappa shape index (κ2) is 4.78. The molecule has 3 nitrogen and oxygen atoms in total. The smallest absolute Gasteiger partial charge is 0.231 e. The van der Waals surface area contributed by atoms with E-state index in [1.807, 2.05) is 56.3 Å². The molecule has 0 radical (unpaired) electrons. The van der Waals surface area contributed by atoms with Gasteiger partial charge < -0.3 is 11.1 Å². The third kappa shape index (κ3) is 2.36. The lowest BCUT2D eigenvalue weighted by Crippen LogP contribution is -2.37. The van der Waals surface area contributed by atoms with Crippen LogP contribution in [0.25, 0.3) is 10.8 Å². The molecule has 0 atom stereocenters. The number of nitrogens with one attached hydrogen (secondary N) is 1. The Hall–Kier alpha value is -1.87. The van der Waals surface area contributed by atoms with Gasteiger partial charge in [0.2, 0.25) is 5.91 Å². The molecular formula is C15H18N2O. The highest BCUT2D eigenvalue weighted by Gasteiger charge is 2.25. The molecule has 0 unspecified atom stereocenters. The molecule has 0 heterocycles.